The summed E-state index contributed by atoms with van der Waals surface area (Å²) in [5, 5.41) is 2.60. The molecule has 2 aromatic carbocycles. The van der Waals surface area contributed by atoms with Gasteiger partial charge in [0.1, 0.15) is 0 Å². The Morgan fingerprint density at radius 1 is 1.12 bits per heavy atom. The van der Waals surface area contributed by atoms with Crippen LogP contribution in [0, 0.1) is 6.54 Å². The van der Waals surface area contributed by atoms with Crippen molar-refractivity contribution in [1.82, 2.24) is 0 Å². The van der Waals surface area contributed by atoms with Crippen molar-refractivity contribution in [3.63, 3.8) is 0 Å². The van der Waals surface area contributed by atoms with Gasteiger partial charge in [0.25, 0.3) is 0 Å². The van der Waals surface area contributed by atoms with Crippen molar-refractivity contribution in [3.05, 3.63) is 49.0 Å². The molecule has 1 unspecified atom stereocenters. The number of rotatable bonds is 2. The van der Waals surface area contributed by atoms with Gasteiger partial charge in [-0.15, -0.1) is 0 Å². The summed E-state index contributed by atoms with van der Waals surface area (Å²) in [6, 6.07) is 15.0. The molecule has 0 aliphatic carbocycles. The lowest BCUT2D eigenvalue weighted by Crippen LogP contribution is -2.20. The van der Waals surface area contributed by atoms with E-state index in [1.807, 2.05) is 0 Å². The van der Waals surface area contributed by atoms with Gasteiger partial charge in [0, 0.05) is 24.7 Å². The van der Waals surface area contributed by atoms with Gasteiger partial charge >= 0.3 is 0 Å². The standard InChI is InChI=1S/C15H16NO/c1-17-13-9-10-16(11-13)15-8-4-6-12-5-2-3-7-14(12)15/h2-8,10,13H,9,11H2,1H3. The molecule has 1 heterocycles. The molecule has 1 fully saturated rings. The minimum atomic E-state index is 0.328. The Morgan fingerprint density at radius 3 is 2.76 bits per heavy atom. The lowest BCUT2D eigenvalue weighted by molar-refractivity contribution is 0.122. The van der Waals surface area contributed by atoms with E-state index in [2.05, 4.69) is 53.9 Å². The van der Waals surface area contributed by atoms with E-state index in [0.29, 0.717) is 6.10 Å². The highest BCUT2D eigenvalue weighted by molar-refractivity contribution is 5.94. The van der Waals surface area contributed by atoms with E-state index in [0.717, 1.165) is 13.0 Å². The largest absolute Gasteiger partial charge is 0.380 e. The van der Waals surface area contributed by atoms with Crippen LogP contribution in [-0.4, -0.2) is 19.8 Å². The zero-order valence-corrected chi connectivity index (χ0v) is 9.97. The van der Waals surface area contributed by atoms with E-state index >= 15 is 0 Å². The molecule has 1 aliphatic rings. The first-order valence-corrected chi connectivity index (χ1v) is 5.99. The zero-order valence-electron chi connectivity index (χ0n) is 9.97. The van der Waals surface area contributed by atoms with Crippen LogP contribution >= 0.6 is 0 Å². The molecule has 3 rings (SSSR count). The maximum absolute atomic E-state index is 5.40. The summed E-state index contributed by atoms with van der Waals surface area (Å²) in [4.78, 5) is 2.30. The summed E-state index contributed by atoms with van der Waals surface area (Å²) < 4.78 is 5.40. The summed E-state index contributed by atoms with van der Waals surface area (Å²) in [7, 11) is 1.78. The van der Waals surface area contributed by atoms with Crippen molar-refractivity contribution in [2.45, 2.75) is 12.5 Å². The Morgan fingerprint density at radius 2 is 1.94 bits per heavy atom. The number of hydrogen-bond donors (Lipinski definition) is 0. The van der Waals surface area contributed by atoms with Gasteiger partial charge in [-0.3, -0.25) is 0 Å². The lowest BCUT2D eigenvalue weighted by Gasteiger charge is -2.20. The molecule has 0 aromatic heterocycles. The van der Waals surface area contributed by atoms with E-state index < -0.39 is 0 Å². The van der Waals surface area contributed by atoms with Crippen LogP contribution in [0.3, 0.4) is 0 Å². The van der Waals surface area contributed by atoms with Crippen LogP contribution in [0.25, 0.3) is 10.8 Å². The summed E-state index contributed by atoms with van der Waals surface area (Å²) >= 11 is 0. The Labute approximate surface area is 102 Å². The average Bonchev–Trinajstić information content (AvgIpc) is 2.87. The minimum Gasteiger partial charge on any atom is -0.380 e. The average molecular weight is 226 g/mol. The quantitative estimate of drug-likeness (QED) is 0.779. The van der Waals surface area contributed by atoms with E-state index in [4.69, 9.17) is 4.74 Å². The minimum absolute atomic E-state index is 0.328. The molecule has 1 atom stereocenters. The topological polar surface area (TPSA) is 12.5 Å². The molecule has 2 heteroatoms. The van der Waals surface area contributed by atoms with Crippen LogP contribution in [0.5, 0.6) is 0 Å². The Hall–Kier alpha value is -1.54. The first-order chi connectivity index (χ1) is 8.38. The fourth-order valence-corrected chi connectivity index (χ4v) is 2.44. The van der Waals surface area contributed by atoms with Gasteiger partial charge < -0.3 is 9.64 Å². The third kappa shape index (κ3) is 1.89. The van der Waals surface area contributed by atoms with Crippen LogP contribution in [0.1, 0.15) is 6.42 Å². The molecule has 2 nitrogen and oxygen atoms in total. The third-order valence-electron chi connectivity index (χ3n) is 3.40. The molecule has 0 N–H and O–H groups in total. The predicted octanol–water partition coefficient (Wildman–Crippen LogP) is 3.23. The molecule has 0 spiro atoms. The number of anilines is 1. The van der Waals surface area contributed by atoms with Crippen LogP contribution in [0.15, 0.2) is 42.5 Å². The van der Waals surface area contributed by atoms with Gasteiger partial charge in [-0.2, -0.15) is 0 Å². The van der Waals surface area contributed by atoms with Crippen molar-refractivity contribution in [1.29, 1.82) is 0 Å². The molecular weight excluding hydrogens is 210 g/mol. The third-order valence-corrected chi connectivity index (χ3v) is 3.40. The molecule has 1 radical (unpaired) electrons. The highest BCUT2D eigenvalue weighted by Crippen LogP contribution is 2.31. The normalized spacial score (nSPS) is 20.1. The smallest absolute Gasteiger partial charge is 0.0766 e. The van der Waals surface area contributed by atoms with Gasteiger partial charge in [-0.1, -0.05) is 36.4 Å². The van der Waals surface area contributed by atoms with Crippen molar-refractivity contribution < 1.29 is 4.74 Å². The van der Waals surface area contributed by atoms with Gasteiger partial charge in [0.2, 0.25) is 0 Å². The van der Waals surface area contributed by atoms with Crippen molar-refractivity contribution >= 4 is 16.5 Å². The van der Waals surface area contributed by atoms with E-state index in [-0.39, 0.29) is 0 Å². The molecular formula is C15H16NO. The van der Waals surface area contributed by atoms with Crippen LogP contribution in [-0.2, 0) is 4.74 Å². The highest BCUT2D eigenvalue weighted by Gasteiger charge is 2.23. The molecule has 0 amide bonds. The lowest BCUT2D eigenvalue weighted by atomic mass is 10.1. The Balaban J connectivity index is 2.00. The number of methoxy groups -OCH3 is 1. The summed E-state index contributed by atoms with van der Waals surface area (Å²) in [6.45, 7) is 3.18. The number of ether oxygens (including phenoxy) is 1. The van der Waals surface area contributed by atoms with Gasteiger partial charge in [0.15, 0.2) is 0 Å². The fourth-order valence-electron chi connectivity index (χ4n) is 2.44. The second-order valence-corrected chi connectivity index (χ2v) is 4.43. The van der Waals surface area contributed by atoms with Gasteiger partial charge in [0.05, 0.1) is 12.6 Å². The second kappa shape index (κ2) is 4.38. The maximum atomic E-state index is 5.40. The fraction of sp³-hybridized carbons (Fsp3) is 0.267. The van der Waals surface area contributed by atoms with Crippen LogP contribution in [0.2, 0.25) is 0 Å². The zero-order chi connectivity index (χ0) is 11.7. The second-order valence-electron chi connectivity index (χ2n) is 4.43. The molecule has 1 aliphatic heterocycles. The molecule has 0 bridgehead atoms. The number of benzene rings is 2. The summed E-state index contributed by atoms with van der Waals surface area (Å²) in [6.07, 6.45) is 1.33. The molecule has 0 saturated carbocycles. The van der Waals surface area contributed by atoms with Gasteiger partial charge in [-0.25, -0.2) is 0 Å². The number of hydrogen-bond acceptors (Lipinski definition) is 2. The Bertz CT molecular complexity index is 518. The van der Waals surface area contributed by atoms with Gasteiger partial charge in [-0.05, 0) is 17.9 Å². The maximum Gasteiger partial charge on any atom is 0.0766 e. The summed E-state index contributed by atoms with van der Waals surface area (Å²) in [5.74, 6) is 0. The number of nitrogens with zero attached hydrogens (tertiary/aromatic N) is 1. The summed E-state index contributed by atoms with van der Waals surface area (Å²) in [5.41, 5.74) is 1.28. The number of fused-ring (bicyclic) bond motifs is 1. The first kappa shape index (κ1) is 10.6. The first-order valence-electron chi connectivity index (χ1n) is 5.99. The Kier molecular flexibility index (Phi) is 2.73. The highest BCUT2D eigenvalue weighted by atomic mass is 16.5. The van der Waals surface area contributed by atoms with Crippen LogP contribution in [0.4, 0.5) is 5.69 Å². The van der Waals surface area contributed by atoms with E-state index in [1.165, 1.54) is 16.5 Å². The SMILES string of the molecule is COC1C[CH]N(c2cccc3ccccc23)C1. The predicted molar refractivity (Wildman–Crippen MR) is 71.0 cm³/mol. The monoisotopic (exact) mass is 226 g/mol. The molecule has 87 valence electrons. The van der Waals surface area contributed by atoms with Crippen molar-refractivity contribution in [2.24, 2.45) is 0 Å². The molecule has 2 aromatic rings. The van der Waals surface area contributed by atoms with Crippen molar-refractivity contribution in [3.8, 4) is 0 Å². The van der Waals surface area contributed by atoms with E-state index in [9.17, 15) is 0 Å². The molecule has 17 heavy (non-hydrogen) atoms. The van der Waals surface area contributed by atoms with Crippen LogP contribution < -0.4 is 4.90 Å². The van der Waals surface area contributed by atoms with Crippen molar-refractivity contribution in [2.75, 3.05) is 18.6 Å². The van der Waals surface area contributed by atoms with E-state index in [1.54, 1.807) is 7.11 Å². The molecule has 1 saturated heterocycles.